The molecule has 11 nitrogen and oxygen atoms in total. The van der Waals surface area contributed by atoms with Crippen molar-refractivity contribution in [1.82, 2.24) is 39.5 Å². The van der Waals surface area contributed by atoms with Crippen LogP contribution in [0.25, 0.3) is 33.7 Å². The highest BCUT2D eigenvalue weighted by molar-refractivity contribution is 9.11. The molecule has 2 fully saturated rings. The largest absolute Gasteiger partial charge is 0.383 e. The van der Waals surface area contributed by atoms with Crippen LogP contribution in [0, 0.1) is 11.8 Å². The summed E-state index contributed by atoms with van der Waals surface area (Å²) in [6.45, 7) is 0.917. The summed E-state index contributed by atoms with van der Waals surface area (Å²) in [5, 5.41) is 11.0. The van der Waals surface area contributed by atoms with Gasteiger partial charge in [0.05, 0.1) is 38.1 Å². The fourth-order valence-electron chi connectivity index (χ4n) is 4.64. The van der Waals surface area contributed by atoms with Crippen LogP contribution in [0.2, 0.25) is 5.15 Å². The number of aromatic nitrogens is 8. The van der Waals surface area contributed by atoms with E-state index in [4.69, 9.17) is 28.8 Å². The van der Waals surface area contributed by atoms with E-state index in [2.05, 4.69) is 62.0 Å². The molecule has 4 aromatic heterocycles. The van der Waals surface area contributed by atoms with E-state index in [1.807, 2.05) is 54.7 Å². The number of halogens is 3. The minimum Gasteiger partial charge on any atom is -0.383 e. The first kappa shape index (κ1) is 31.3. The lowest BCUT2D eigenvalue weighted by Crippen LogP contribution is -2.09. The molecule has 2 saturated carbocycles. The van der Waals surface area contributed by atoms with E-state index >= 15 is 0 Å². The topological polar surface area (TPSA) is 165 Å². The van der Waals surface area contributed by atoms with Gasteiger partial charge in [-0.05, 0) is 88.1 Å². The van der Waals surface area contributed by atoms with Crippen LogP contribution in [-0.2, 0) is 6.42 Å². The van der Waals surface area contributed by atoms with Gasteiger partial charge in [0, 0.05) is 10.8 Å². The highest BCUT2D eigenvalue weighted by Crippen LogP contribution is 2.35. The zero-order chi connectivity index (χ0) is 31.5. The van der Waals surface area contributed by atoms with Gasteiger partial charge < -0.3 is 17.2 Å². The van der Waals surface area contributed by atoms with Crippen LogP contribution < -0.4 is 17.2 Å². The van der Waals surface area contributed by atoms with Crippen molar-refractivity contribution < 1.29 is 0 Å². The lowest BCUT2D eigenvalue weighted by molar-refractivity contribution is 0.702. The number of anilines is 2. The molecule has 0 radical (unpaired) electrons. The normalized spacial score (nSPS) is 14.1. The van der Waals surface area contributed by atoms with Crippen molar-refractivity contribution in [3.05, 3.63) is 80.7 Å². The third kappa shape index (κ3) is 7.43. The van der Waals surface area contributed by atoms with Crippen molar-refractivity contribution in [3.8, 4) is 11.9 Å². The molecule has 2 aliphatic carbocycles. The number of hydrogen-bond acceptors (Lipinski definition) is 9. The number of rotatable bonds is 6. The molecule has 8 rings (SSSR count). The van der Waals surface area contributed by atoms with Gasteiger partial charge in [-0.2, -0.15) is 34.5 Å². The Morgan fingerprint density at radius 1 is 0.711 bits per heavy atom. The van der Waals surface area contributed by atoms with Crippen molar-refractivity contribution in [2.45, 2.75) is 38.5 Å². The van der Waals surface area contributed by atoms with Crippen molar-refractivity contribution in [2.75, 3.05) is 18.0 Å². The second kappa shape index (κ2) is 13.8. The summed E-state index contributed by atoms with van der Waals surface area (Å²) in [5.41, 5.74) is 19.9. The third-order valence-electron chi connectivity index (χ3n) is 7.61. The average molecular weight is 754 g/mol. The molecule has 6 aromatic rings. The highest BCUT2D eigenvalue weighted by Gasteiger charge is 2.22. The molecule has 2 aliphatic rings. The summed E-state index contributed by atoms with van der Waals surface area (Å²) in [6, 6.07) is 15.8. The summed E-state index contributed by atoms with van der Waals surface area (Å²) in [7, 11) is 0. The molecule has 45 heavy (non-hydrogen) atoms. The summed E-state index contributed by atoms with van der Waals surface area (Å²) in [5.74, 6) is 3.40. The molecule has 14 heteroatoms. The molecule has 0 bridgehead atoms. The van der Waals surface area contributed by atoms with Gasteiger partial charge in [0.1, 0.15) is 11.6 Å². The van der Waals surface area contributed by atoms with Gasteiger partial charge in [0.15, 0.2) is 5.15 Å². The van der Waals surface area contributed by atoms with Crippen molar-refractivity contribution >= 4 is 76.9 Å². The fourth-order valence-corrected chi connectivity index (χ4v) is 5.37. The van der Waals surface area contributed by atoms with Gasteiger partial charge in [-0.15, -0.1) is 0 Å². The minimum atomic E-state index is 0.261. The summed E-state index contributed by atoms with van der Waals surface area (Å²) in [6.07, 6.45) is 11.1. The zero-order valence-corrected chi connectivity index (χ0v) is 28.2. The Labute approximate surface area is 281 Å². The molecule has 0 spiro atoms. The molecule has 0 atom stereocenters. The standard InChI is InChI=1S/C16H16BrN5.C11H7BrClN5.C4H9N/c17-14-12(8-7-10-5-6-10)20-16(21-15(14)18)22-13-4-2-1-3-11(13)9-19-22;12-8-9(13)16-11(17-10(8)14)18-7-4-2-1-3-6(7)5-15-18;5-3-4-1-2-4/h1-4,9-10H,5-8H2,(H2,18,20,21);1-5H,(H2,14,16,17);4H,1-3,5H2. The molecular weight excluding hydrogens is 722 g/mol. The smallest absolute Gasteiger partial charge is 0.254 e. The number of nitrogens with zero attached hydrogens (tertiary/aromatic N) is 8. The van der Waals surface area contributed by atoms with Gasteiger partial charge in [-0.3, -0.25) is 0 Å². The van der Waals surface area contributed by atoms with Crippen LogP contribution in [0.15, 0.2) is 69.9 Å². The van der Waals surface area contributed by atoms with Crippen LogP contribution in [0.5, 0.6) is 0 Å². The Morgan fingerprint density at radius 2 is 1.22 bits per heavy atom. The van der Waals surface area contributed by atoms with E-state index in [-0.39, 0.29) is 11.0 Å². The van der Waals surface area contributed by atoms with E-state index in [1.165, 1.54) is 25.7 Å². The number of nitrogens with two attached hydrogens (primary N) is 3. The second-order valence-corrected chi connectivity index (χ2v) is 13.0. The summed E-state index contributed by atoms with van der Waals surface area (Å²) in [4.78, 5) is 17.4. The number of hydrogen-bond donors (Lipinski definition) is 3. The predicted molar refractivity (Wildman–Crippen MR) is 185 cm³/mol. The first-order valence-electron chi connectivity index (χ1n) is 14.7. The Morgan fingerprint density at radius 3 is 1.71 bits per heavy atom. The molecule has 0 aliphatic heterocycles. The molecule has 4 heterocycles. The van der Waals surface area contributed by atoms with E-state index in [1.54, 1.807) is 15.6 Å². The molecule has 0 saturated heterocycles. The van der Waals surface area contributed by atoms with Crippen molar-refractivity contribution in [2.24, 2.45) is 17.6 Å². The highest BCUT2D eigenvalue weighted by atomic mass is 79.9. The number of benzene rings is 2. The zero-order valence-electron chi connectivity index (χ0n) is 24.3. The third-order valence-corrected chi connectivity index (χ3v) is 9.76. The van der Waals surface area contributed by atoms with Crippen molar-refractivity contribution in [3.63, 3.8) is 0 Å². The molecule has 232 valence electrons. The number of aryl methyl sites for hydroxylation is 1. The molecule has 6 N–H and O–H groups in total. The van der Waals surface area contributed by atoms with Gasteiger partial charge in [0.2, 0.25) is 0 Å². The van der Waals surface area contributed by atoms with Crippen LogP contribution >= 0.6 is 43.5 Å². The molecule has 2 aromatic carbocycles. The van der Waals surface area contributed by atoms with Crippen molar-refractivity contribution in [1.29, 1.82) is 0 Å². The lowest BCUT2D eigenvalue weighted by Gasteiger charge is -2.09. The average Bonchev–Trinajstić information content (AvgIpc) is 3.98. The Hall–Kier alpha value is -3.65. The number of fused-ring (bicyclic) bond motifs is 2. The Balaban J connectivity index is 0.000000139. The van der Waals surface area contributed by atoms with Crippen LogP contribution in [0.1, 0.15) is 37.8 Å². The second-order valence-electron chi connectivity index (χ2n) is 11.1. The van der Waals surface area contributed by atoms with Gasteiger partial charge in [-0.25, -0.2) is 4.98 Å². The van der Waals surface area contributed by atoms with E-state index in [0.717, 1.165) is 63.2 Å². The van der Waals surface area contributed by atoms with Crippen LogP contribution in [0.3, 0.4) is 0 Å². The maximum atomic E-state index is 6.05. The molecule has 0 amide bonds. The maximum absolute atomic E-state index is 6.05. The Kier molecular flexibility index (Phi) is 9.59. The van der Waals surface area contributed by atoms with E-state index in [0.29, 0.717) is 22.2 Å². The first-order valence-corrected chi connectivity index (χ1v) is 16.7. The number of para-hydroxylation sites is 2. The van der Waals surface area contributed by atoms with Gasteiger partial charge in [-0.1, -0.05) is 60.8 Å². The lowest BCUT2D eigenvalue weighted by atomic mass is 10.2. The maximum Gasteiger partial charge on any atom is 0.254 e. The fraction of sp³-hybridized carbons (Fsp3) is 0.290. The van der Waals surface area contributed by atoms with Gasteiger partial charge >= 0.3 is 0 Å². The predicted octanol–water partition coefficient (Wildman–Crippen LogP) is 6.67. The minimum absolute atomic E-state index is 0.261. The van der Waals surface area contributed by atoms with E-state index in [9.17, 15) is 0 Å². The summed E-state index contributed by atoms with van der Waals surface area (Å²) < 4.78 is 4.65. The monoisotopic (exact) mass is 751 g/mol. The molecular formula is C31H32Br2ClN11. The Bertz CT molecular complexity index is 1930. The van der Waals surface area contributed by atoms with Crippen LogP contribution in [0.4, 0.5) is 11.6 Å². The quantitative estimate of drug-likeness (QED) is 0.158. The van der Waals surface area contributed by atoms with E-state index < -0.39 is 0 Å². The van der Waals surface area contributed by atoms with Gasteiger partial charge in [0.25, 0.3) is 11.9 Å². The SMILES string of the molecule is NCC1CC1.Nc1nc(-n2ncc3ccccc32)nc(CCC2CC2)c1Br.Nc1nc(-n2ncc3ccccc32)nc(Cl)c1Br. The first-order chi connectivity index (χ1) is 21.8. The summed E-state index contributed by atoms with van der Waals surface area (Å²) >= 11 is 12.7. The molecule has 0 unspecified atom stereocenters. The van der Waals surface area contributed by atoms with Crippen LogP contribution in [-0.4, -0.2) is 46.0 Å². The number of nitrogen functional groups attached to an aromatic ring is 2.